The summed E-state index contributed by atoms with van der Waals surface area (Å²) in [5.41, 5.74) is 0.560. The van der Waals surface area contributed by atoms with E-state index in [-0.39, 0.29) is 11.0 Å². The summed E-state index contributed by atoms with van der Waals surface area (Å²) in [5.74, 6) is -0.880. The van der Waals surface area contributed by atoms with Crippen LogP contribution in [-0.2, 0) is 4.79 Å². The molecule has 0 bridgehead atoms. The van der Waals surface area contributed by atoms with Crippen molar-refractivity contribution in [2.45, 2.75) is 52.6 Å². The zero-order chi connectivity index (χ0) is 15.6. The minimum Gasteiger partial charge on any atom is -0.480 e. The predicted molar refractivity (Wildman–Crippen MR) is 83.1 cm³/mol. The van der Waals surface area contributed by atoms with Crippen molar-refractivity contribution in [3.05, 3.63) is 34.9 Å². The van der Waals surface area contributed by atoms with Crippen molar-refractivity contribution < 1.29 is 9.90 Å². The minimum atomic E-state index is -0.880. The van der Waals surface area contributed by atoms with Gasteiger partial charge < -0.3 is 5.11 Å². The molecule has 0 heterocycles. The average molecular weight is 298 g/mol. The Morgan fingerprint density at radius 2 is 1.70 bits per heavy atom. The molecule has 0 aliphatic carbocycles. The Balaban J connectivity index is 2.93. The molecule has 0 saturated carbocycles. The van der Waals surface area contributed by atoms with E-state index in [1.165, 1.54) is 0 Å². The maximum absolute atomic E-state index is 11.5. The lowest BCUT2D eigenvalue weighted by molar-refractivity contribution is -0.140. The summed E-state index contributed by atoms with van der Waals surface area (Å²) in [4.78, 5) is 11.5. The first-order valence-electron chi connectivity index (χ1n) is 6.76. The smallest absolute Gasteiger partial charge is 0.325 e. The highest BCUT2D eigenvalue weighted by atomic mass is 35.5. The van der Waals surface area contributed by atoms with Gasteiger partial charge in [-0.25, -0.2) is 0 Å². The van der Waals surface area contributed by atoms with Gasteiger partial charge in [-0.15, -0.1) is 0 Å². The first-order chi connectivity index (χ1) is 9.00. The number of halogens is 1. The van der Waals surface area contributed by atoms with Crippen molar-refractivity contribution in [1.82, 2.24) is 5.32 Å². The molecule has 4 heteroatoms. The third-order valence-electron chi connectivity index (χ3n) is 2.96. The Morgan fingerprint density at radius 3 is 2.10 bits per heavy atom. The largest absolute Gasteiger partial charge is 0.480 e. The van der Waals surface area contributed by atoms with E-state index in [1.54, 1.807) is 24.3 Å². The number of carbonyl (C=O) groups is 1. The van der Waals surface area contributed by atoms with Gasteiger partial charge in [0.15, 0.2) is 0 Å². The van der Waals surface area contributed by atoms with Crippen LogP contribution < -0.4 is 5.32 Å². The molecule has 0 fully saturated rings. The molecule has 0 aliphatic heterocycles. The highest BCUT2D eigenvalue weighted by molar-refractivity contribution is 6.30. The van der Waals surface area contributed by atoms with Crippen LogP contribution >= 0.6 is 11.6 Å². The number of nitrogens with one attached hydrogen (secondary N) is 1. The van der Waals surface area contributed by atoms with Gasteiger partial charge >= 0.3 is 5.97 Å². The second-order valence-electron chi connectivity index (χ2n) is 7.09. The summed E-state index contributed by atoms with van der Waals surface area (Å²) in [5, 5.41) is 13.3. The van der Waals surface area contributed by atoms with E-state index in [4.69, 9.17) is 11.6 Å². The number of rotatable bonds is 5. The van der Waals surface area contributed by atoms with Crippen LogP contribution in [0.1, 0.15) is 52.6 Å². The van der Waals surface area contributed by atoms with Crippen LogP contribution in [0.15, 0.2) is 24.3 Å². The van der Waals surface area contributed by atoms with Crippen molar-refractivity contribution in [2.24, 2.45) is 5.41 Å². The summed E-state index contributed by atoms with van der Waals surface area (Å²) >= 11 is 5.85. The quantitative estimate of drug-likeness (QED) is 0.853. The molecule has 2 N–H and O–H groups in total. The second kappa shape index (κ2) is 6.15. The molecule has 20 heavy (non-hydrogen) atoms. The summed E-state index contributed by atoms with van der Waals surface area (Å²) in [6.07, 6.45) is 0.872. The third-order valence-corrected chi connectivity index (χ3v) is 3.21. The van der Waals surface area contributed by atoms with Gasteiger partial charge in [-0.3, -0.25) is 10.1 Å². The first kappa shape index (κ1) is 17.0. The first-order valence-corrected chi connectivity index (χ1v) is 7.14. The monoisotopic (exact) mass is 297 g/mol. The fourth-order valence-electron chi connectivity index (χ4n) is 2.71. The van der Waals surface area contributed by atoms with Crippen molar-refractivity contribution in [1.29, 1.82) is 0 Å². The van der Waals surface area contributed by atoms with Crippen LogP contribution in [-0.4, -0.2) is 16.6 Å². The van der Waals surface area contributed by atoms with E-state index >= 15 is 0 Å². The van der Waals surface area contributed by atoms with Crippen molar-refractivity contribution >= 4 is 17.6 Å². The van der Waals surface area contributed by atoms with Gasteiger partial charge in [-0.2, -0.15) is 0 Å². The summed E-state index contributed by atoms with van der Waals surface area (Å²) in [6.45, 7) is 10.5. The highest BCUT2D eigenvalue weighted by Gasteiger charge is 2.31. The SMILES string of the molecule is CC(C)(C)CC(C)(C)NC(C(=O)O)c1ccc(Cl)cc1. The van der Waals surface area contributed by atoms with Crippen LogP contribution in [0.3, 0.4) is 0 Å². The van der Waals surface area contributed by atoms with E-state index in [0.717, 1.165) is 6.42 Å². The topological polar surface area (TPSA) is 49.3 Å². The average Bonchev–Trinajstić information content (AvgIpc) is 2.23. The fourth-order valence-corrected chi connectivity index (χ4v) is 2.84. The van der Waals surface area contributed by atoms with Crippen LogP contribution in [0.4, 0.5) is 0 Å². The Labute approximate surface area is 126 Å². The molecular weight excluding hydrogens is 274 g/mol. The lowest BCUT2D eigenvalue weighted by Crippen LogP contribution is -2.46. The standard InChI is InChI=1S/C16H24ClNO2/c1-15(2,3)10-16(4,5)18-13(14(19)20)11-6-8-12(17)9-7-11/h6-9,13,18H,10H2,1-5H3,(H,19,20). The molecule has 3 nitrogen and oxygen atoms in total. The predicted octanol–water partition coefficient (Wildman–Crippen LogP) is 4.27. The number of carboxylic acid groups (broad SMARTS) is 1. The van der Waals surface area contributed by atoms with Crippen molar-refractivity contribution in [2.75, 3.05) is 0 Å². The highest BCUT2D eigenvalue weighted by Crippen LogP contribution is 2.29. The Kier molecular flexibility index (Phi) is 5.22. The van der Waals surface area contributed by atoms with Crippen molar-refractivity contribution in [3.8, 4) is 0 Å². The van der Waals surface area contributed by atoms with Crippen LogP contribution in [0.5, 0.6) is 0 Å². The molecule has 1 aromatic rings. The minimum absolute atomic E-state index is 0.125. The number of carboxylic acids is 1. The summed E-state index contributed by atoms with van der Waals surface area (Å²) in [7, 11) is 0. The van der Waals surface area contributed by atoms with E-state index < -0.39 is 12.0 Å². The number of benzene rings is 1. The summed E-state index contributed by atoms with van der Waals surface area (Å²) in [6, 6.07) is 6.20. The van der Waals surface area contributed by atoms with Gasteiger partial charge in [0.1, 0.15) is 6.04 Å². The van der Waals surface area contributed by atoms with Gasteiger partial charge in [-0.05, 0) is 43.4 Å². The lowest BCUT2D eigenvalue weighted by Gasteiger charge is -2.35. The van der Waals surface area contributed by atoms with Crippen LogP contribution in [0.2, 0.25) is 5.02 Å². The fraction of sp³-hybridized carbons (Fsp3) is 0.562. The molecule has 1 unspecified atom stereocenters. The van der Waals surface area contributed by atoms with Gasteiger partial charge in [0.05, 0.1) is 0 Å². The molecule has 112 valence electrons. The molecule has 1 atom stereocenters. The normalized spacial score (nSPS) is 14.1. The van der Waals surface area contributed by atoms with E-state index in [9.17, 15) is 9.90 Å². The maximum atomic E-state index is 11.5. The van der Waals surface area contributed by atoms with Gasteiger partial charge in [0, 0.05) is 10.6 Å². The Morgan fingerprint density at radius 1 is 1.20 bits per heavy atom. The number of hydrogen-bond acceptors (Lipinski definition) is 2. The third kappa shape index (κ3) is 5.51. The second-order valence-corrected chi connectivity index (χ2v) is 7.52. The lowest BCUT2D eigenvalue weighted by atomic mass is 9.81. The molecule has 0 amide bonds. The van der Waals surface area contributed by atoms with E-state index in [1.807, 2.05) is 13.8 Å². The zero-order valence-corrected chi connectivity index (χ0v) is 13.6. The molecule has 0 radical (unpaired) electrons. The Hall–Kier alpha value is -1.06. The van der Waals surface area contributed by atoms with Gasteiger partial charge in [0.25, 0.3) is 0 Å². The molecule has 0 spiro atoms. The molecule has 1 aromatic carbocycles. The molecule has 0 saturated heterocycles. The number of hydrogen-bond donors (Lipinski definition) is 2. The molecule has 0 aromatic heterocycles. The zero-order valence-electron chi connectivity index (χ0n) is 12.8. The Bertz CT molecular complexity index is 460. The maximum Gasteiger partial charge on any atom is 0.325 e. The molecular formula is C16H24ClNO2. The van der Waals surface area contributed by atoms with Crippen LogP contribution in [0.25, 0.3) is 0 Å². The van der Waals surface area contributed by atoms with Gasteiger partial charge in [-0.1, -0.05) is 44.5 Å². The molecule has 1 rings (SSSR count). The van der Waals surface area contributed by atoms with E-state index in [0.29, 0.717) is 10.6 Å². The van der Waals surface area contributed by atoms with E-state index in [2.05, 4.69) is 26.1 Å². The van der Waals surface area contributed by atoms with Gasteiger partial charge in [0.2, 0.25) is 0 Å². The van der Waals surface area contributed by atoms with Crippen LogP contribution in [0, 0.1) is 5.41 Å². The van der Waals surface area contributed by atoms with Crippen molar-refractivity contribution in [3.63, 3.8) is 0 Å². The summed E-state index contributed by atoms with van der Waals surface area (Å²) < 4.78 is 0. The number of aliphatic carboxylic acids is 1. The molecule has 0 aliphatic rings.